The largest absolute Gasteiger partial charge is 0.369 e. The molecule has 0 spiro atoms. The van der Waals surface area contributed by atoms with Gasteiger partial charge in [-0.15, -0.1) is 0 Å². The number of hydrogen-bond acceptors (Lipinski definition) is 6. The van der Waals surface area contributed by atoms with Crippen molar-refractivity contribution in [3.8, 4) is 0 Å². The molecule has 0 aliphatic carbocycles. The lowest BCUT2D eigenvalue weighted by Crippen LogP contribution is -2.41. The van der Waals surface area contributed by atoms with E-state index in [4.69, 9.17) is 5.73 Å². The van der Waals surface area contributed by atoms with Gasteiger partial charge in [0.25, 0.3) is 11.5 Å². The maximum atomic E-state index is 13.3. The Hall–Kier alpha value is -4.53. The number of anilines is 2. The highest BCUT2D eigenvalue weighted by molar-refractivity contribution is 6.11. The van der Waals surface area contributed by atoms with Gasteiger partial charge >= 0.3 is 0 Å². The van der Waals surface area contributed by atoms with Crippen molar-refractivity contribution in [3.63, 3.8) is 0 Å². The van der Waals surface area contributed by atoms with Crippen LogP contribution < -0.4 is 21.5 Å². The maximum Gasteiger partial charge on any atom is 0.276 e. The van der Waals surface area contributed by atoms with E-state index < -0.39 is 5.91 Å². The van der Waals surface area contributed by atoms with E-state index in [1.54, 1.807) is 42.6 Å². The summed E-state index contributed by atoms with van der Waals surface area (Å²) in [6.45, 7) is 1.58. The number of nitrogens with two attached hydrogens (primary N) is 1. The summed E-state index contributed by atoms with van der Waals surface area (Å²) in [6.07, 6.45) is 3.22. The first kappa shape index (κ1) is 23.2. The Bertz CT molecular complexity index is 1470. The van der Waals surface area contributed by atoms with Crippen molar-refractivity contribution < 1.29 is 9.59 Å². The Morgan fingerprint density at radius 2 is 1.75 bits per heavy atom. The maximum absolute atomic E-state index is 13.3. The second kappa shape index (κ2) is 9.99. The number of carbonyl (C=O) groups excluding carboxylic acids is 2. The van der Waals surface area contributed by atoms with Gasteiger partial charge in [-0.2, -0.15) is 5.10 Å². The highest BCUT2D eigenvalue weighted by Crippen LogP contribution is 2.23. The zero-order chi connectivity index (χ0) is 25.1. The zero-order valence-corrected chi connectivity index (χ0v) is 19.6. The molecule has 9 heteroatoms. The van der Waals surface area contributed by atoms with Gasteiger partial charge in [0, 0.05) is 18.5 Å². The lowest BCUT2D eigenvalue weighted by Gasteiger charge is -2.32. The van der Waals surface area contributed by atoms with Gasteiger partial charge in [0.05, 0.1) is 29.7 Å². The van der Waals surface area contributed by atoms with E-state index in [0.717, 1.165) is 30.8 Å². The van der Waals surface area contributed by atoms with Crippen LogP contribution in [-0.4, -0.2) is 39.7 Å². The molecule has 0 saturated carbocycles. The number of nitrogens with zero attached hydrogens (tertiary/aromatic N) is 4. The summed E-state index contributed by atoms with van der Waals surface area (Å²) in [5.41, 5.74) is 6.79. The minimum Gasteiger partial charge on any atom is -0.369 e. The molecular formula is C27H26N6O3. The van der Waals surface area contributed by atoms with E-state index in [1.807, 2.05) is 35.2 Å². The van der Waals surface area contributed by atoms with Gasteiger partial charge in [0.1, 0.15) is 5.82 Å². The molecule has 1 fully saturated rings. The molecule has 1 saturated heterocycles. The molecule has 4 aromatic rings. The summed E-state index contributed by atoms with van der Waals surface area (Å²) in [6, 6.07) is 20.0. The van der Waals surface area contributed by atoms with E-state index >= 15 is 0 Å². The molecule has 3 heterocycles. The molecule has 182 valence electrons. The first-order valence-electron chi connectivity index (χ1n) is 11.8. The van der Waals surface area contributed by atoms with Gasteiger partial charge in [-0.25, -0.2) is 9.67 Å². The number of aromatic nitrogens is 3. The van der Waals surface area contributed by atoms with Gasteiger partial charge in [-0.1, -0.05) is 48.5 Å². The Balaban J connectivity index is 1.39. The summed E-state index contributed by atoms with van der Waals surface area (Å²) >= 11 is 0. The minimum absolute atomic E-state index is 0.158. The standard InChI is InChI=1S/C27H26N6O3/c28-25(34)19-9-6-14-32(17-19)23-13-12-20(15-29-23)30-26(35)24-21-10-4-5-11-22(21)27(36)33(31-24)16-18-7-2-1-3-8-18/h1-5,7-8,10-13,15,19H,6,9,14,16-17H2,(H2,28,34)(H,30,35). The van der Waals surface area contributed by atoms with E-state index in [-0.39, 0.29) is 29.6 Å². The van der Waals surface area contributed by atoms with Crippen LogP contribution in [0.4, 0.5) is 11.5 Å². The molecule has 9 nitrogen and oxygen atoms in total. The van der Waals surface area contributed by atoms with Gasteiger partial charge < -0.3 is 16.0 Å². The molecule has 2 aromatic heterocycles. The fourth-order valence-electron chi connectivity index (χ4n) is 4.52. The van der Waals surface area contributed by atoms with Crippen molar-refractivity contribution in [1.29, 1.82) is 0 Å². The number of amides is 2. The van der Waals surface area contributed by atoms with Crippen molar-refractivity contribution in [2.45, 2.75) is 19.4 Å². The third-order valence-electron chi connectivity index (χ3n) is 6.41. The Labute approximate surface area is 207 Å². The highest BCUT2D eigenvalue weighted by atomic mass is 16.2. The lowest BCUT2D eigenvalue weighted by molar-refractivity contribution is -0.122. The van der Waals surface area contributed by atoms with Crippen LogP contribution in [0, 0.1) is 5.92 Å². The predicted octanol–water partition coefficient (Wildman–Crippen LogP) is 2.79. The Morgan fingerprint density at radius 1 is 1.00 bits per heavy atom. The number of piperidine rings is 1. The summed E-state index contributed by atoms with van der Waals surface area (Å²) in [7, 11) is 0. The molecule has 1 atom stereocenters. The number of fused-ring (bicyclic) bond motifs is 1. The molecule has 1 aliphatic rings. The second-order valence-electron chi connectivity index (χ2n) is 8.89. The predicted molar refractivity (Wildman–Crippen MR) is 138 cm³/mol. The quantitative estimate of drug-likeness (QED) is 0.436. The molecule has 1 aliphatic heterocycles. The second-order valence-corrected chi connectivity index (χ2v) is 8.89. The molecule has 0 radical (unpaired) electrons. The molecule has 1 unspecified atom stereocenters. The van der Waals surface area contributed by atoms with E-state index in [2.05, 4.69) is 15.4 Å². The van der Waals surface area contributed by atoms with E-state index in [1.165, 1.54) is 4.68 Å². The van der Waals surface area contributed by atoms with Crippen LogP contribution in [0.2, 0.25) is 0 Å². The number of hydrogen-bond donors (Lipinski definition) is 2. The van der Waals surface area contributed by atoms with Crippen LogP contribution in [0.1, 0.15) is 28.9 Å². The van der Waals surface area contributed by atoms with Crippen molar-refractivity contribution in [2.24, 2.45) is 11.7 Å². The monoisotopic (exact) mass is 482 g/mol. The first-order valence-corrected chi connectivity index (χ1v) is 11.8. The van der Waals surface area contributed by atoms with Gasteiger partial charge in [0.15, 0.2) is 5.69 Å². The van der Waals surface area contributed by atoms with Gasteiger partial charge in [-0.05, 0) is 36.6 Å². The average Bonchev–Trinajstić information content (AvgIpc) is 2.91. The molecule has 3 N–H and O–H groups in total. The fourth-order valence-corrected chi connectivity index (χ4v) is 4.52. The Kier molecular flexibility index (Phi) is 6.44. The Morgan fingerprint density at radius 3 is 2.47 bits per heavy atom. The van der Waals surface area contributed by atoms with Crippen molar-refractivity contribution >= 4 is 34.1 Å². The van der Waals surface area contributed by atoms with Gasteiger partial charge in [-0.3, -0.25) is 14.4 Å². The number of primary amides is 1. The smallest absolute Gasteiger partial charge is 0.276 e. The SMILES string of the molecule is NC(=O)C1CCCN(c2ccc(NC(=O)c3nn(Cc4ccccc4)c(=O)c4ccccc34)cn2)C1. The molecular weight excluding hydrogens is 456 g/mol. The van der Waals surface area contributed by atoms with Crippen LogP contribution in [0.3, 0.4) is 0 Å². The normalized spacial score (nSPS) is 15.6. The van der Waals surface area contributed by atoms with Gasteiger partial charge in [0.2, 0.25) is 5.91 Å². The topological polar surface area (TPSA) is 123 Å². The summed E-state index contributed by atoms with van der Waals surface area (Å²) in [4.78, 5) is 44.4. The van der Waals surface area contributed by atoms with E-state index in [9.17, 15) is 14.4 Å². The summed E-state index contributed by atoms with van der Waals surface area (Å²) < 4.78 is 1.32. The average molecular weight is 483 g/mol. The van der Waals surface area contributed by atoms with Crippen LogP contribution in [0.15, 0.2) is 77.7 Å². The molecule has 2 aromatic carbocycles. The number of rotatable bonds is 6. The highest BCUT2D eigenvalue weighted by Gasteiger charge is 2.25. The minimum atomic E-state index is -0.436. The summed E-state index contributed by atoms with van der Waals surface area (Å²) in [5, 5.41) is 8.19. The van der Waals surface area contributed by atoms with E-state index in [0.29, 0.717) is 23.0 Å². The zero-order valence-electron chi connectivity index (χ0n) is 19.6. The van der Waals surface area contributed by atoms with Crippen molar-refractivity contribution in [2.75, 3.05) is 23.3 Å². The van der Waals surface area contributed by atoms with Crippen LogP contribution in [0.25, 0.3) is 10.8 Å². The number of pyridine rings is 1. The third-order valence-corrected chi connectivity index (χ3v) is 6.41. The number of nitrogens with one attached hydrogen (secondary N) is 1. The van der Waals surface area contributed by atoms with Crippen molar-refractivity contribution in [3.05, 3.63) is 94.5 Å². The third kappa shape index (κ3) is 4.81. The fraction of sp³-hybridized carbons (Fsp3) is 0.222. The van der Waals surface area contributed by atoms with Crippen LogP contribution >= 0.6 is 0 Å². The van der Waals surface area contributed by atoms with Crippen molar-refractivity contribution in [1.82, 2.24) is 14.8 Å². The molecule has 0 bridgehead atoms. The summed E-state index contributed by atoms with van der Waals surface area (Å²) in [5.74, 6) is -0.198. The number of carbonyl (C=O) groups is 2. The van der Waals surface area contributed by atoms with Crippen LogP contribution in [0.5, 0.6) is 0 Å². The molecule has 2 amide bonds. The lowest BCUT2D eigenvalue weighted by atomic mass is 9.97. The molecule has 5 rings (SSSR count). The van der Waals surface area contributed by atoms with Crippen LogP contribution in [-0.2, 0) is 11.3 Å². The molecule has 36 heavy (non-hydrogen) atoms. The number of benzene rings is 2. The first-order chi connectivity index (χ1) is 17.5.